The Labute approximate surface area is 169 Å². The van der Waals surface area contributed by atoms with Crippen LogP contribution in [0.1, 0.15) is 25.3 Å². The molecule has 29 heavy (non-hydrogen) atoms. The van der Waals surface area contributed by atoms with Crippen LogP contribution in [0, 0.1) is 0 Å². The summed E-state index contributed by atoms with van der Waals surface area (Å²) in [5, 5.41) is 14.3. The summed E-state index contributed by atoms with van der Waals surface area (Å²) in [5.41, 5.74) is 3.40. The van der Waals surface area contributed by atoms with Crippen LogP contribution in [0.15, 0.2) is 62.6 Å². The van der Waals surface area contributed by atoms with Crippen molar-refractivity contribution in [2.75, 3.05) is 17.3 Å². The van der Waals surface area contributed by atoms with Gasteiger partial charge >= 0.3 is 0 Å². The minimum absolute atomic E-state index is 0.0806. The van der Waals surface area contributed by atoms with Crippen molar-refractivity contribution in [3.63, 3.8) is 0 Å². The molecule has 0 saturated carbocycles. The van der Waals surface area contributed by atoms with Gasteiger partial charge in [0.25, 0.3) is 5.56 Å². The van der Waals surface area contributed by atoms with E-state index in [1.165, 1.54) is 4.68 Å². The quantitative estimate of drug-likeness (QED) is 0.403. The molecule has 0 unspecified atom stereocenters. The van der Waals surface area contributed by atoms with Crippen molar-refractivity contribution in [1.82, 2.24) is 4.68 Å². The smallest absolute Gasteiger partial charge is 0.284 e. The fraction of sp³-hybridized carbons (Fsp3) is 0.200. The number of anilines is 1. The van der Waals surface area contributed by atoms with Crippen LogP contribution in [0.25, 0.3) is 10.9 Å². The zero-order chi connectivity index (χ0) is 20.6. The van der Waals surface area contributed by atoms with Gasteiger partial charge in [-0.25, -0.2) is 4.68 Å². The maximum atomic E-state index is 13.3. The predicted octanol–water partition coefficient (Wildman–Crippen LogP) is 3.95. The second-order valence-electron chi connectivity index (χ2n) is 6.72. The van der Waals surface area contributed by atoms with Crippen LogP contribution in [0.5, 0.6) is 5.75 Å². The Morgan fingerprint density at radius 2 is 1.86 bits per heavy atom. The molecule has 0 fully saturated rings. The maximum Gasteiger partial charge on any atom is 0.284 e. The second kappa shape index (κ2) is 7.43. The van der Waals surface area contributed by atoms with Gasteiger partial charge in [0.15, 0.2) is 5.84 Å². The highest BCUT2D eigenvalue weighted by Crippen LogP contribution is 2.55. The highest BCUT2D eigenvalue weighted by Gasteiger charge is 2.30. The molecule has 2 aromatic carbocycles. The number of pyridine rings is 1. The standard InChI is InChI=1S/C20H22N4O4S/c1-2-3-12-21-24-15-10-6-4-8-13(15)18(25)17(20(24)26)19-22-14-9-5-7-11-16(14)29(27,28)23-19/h4-11,21,25,27-28H,2-3,12H2,1H3,(H,22,23). The van der Waals surface area contributed by atoms with E-state index in [1.807, 2.05) is 6.92 Å². The fourth-order valence-electron chi connectivity index (χ4n) is 3.31. The molecular formula is C20H22N4O4S. The Morgan fingerprint density at radius 3 is 2.66 bits per heavy atom. The molecule has 0 saturated heterocycles. The van der Waals surface area contributed by atoms with Crippen molar-refractivity contribution in [1.29, 1.82) is 0 Å². The summed E-state index contributed by atoms with van der Waals surface area (Å²) in [6, 6.07) is 13.6. The average Bonchev–Trinajstić information content (AvgIpc) is 2.70. The number of hydrogen-bond acceptors (Lipinski definition) is 7. The van der Waals surface area contributed by atoms with Crippen molar-refractivity contribution < 1.29 is 14.2 Å². The molecule has 0 atom stereocenters. The van der Waals surface area contributed by atoms with Crippen LogP contribution in [0.3, 0.4) is 0 Å². The van der Waals surface area contributed by atoms with Crippen molar-refractivity contribution in [3.05, 3.63) is 64.4 Å². The Morgan fingerprint density at radius 1 is 1.14 bits per heavy atom. The summed E-state index contributed by atoms with van der Waals surface area (Å²) in [6.07, 6.45) is 1.82. The van der Waals surface area contributed by atoms with Gasteiger partial charge in [0.05, 0.1) is 11.2 Å². The van der Waals surface area contributed by atoms with E-state index in [-0.39, 0.29) is 22.0 Å². The number of para-hydroxylation sites is 2. The number of fused-ring (bicyclic) bond motifs is 2. The van der Waals surface area contributed by atoms with Gasteiger partial charge in [-0.05, 0) is 30.7 Å². The number of nitrogens with zero attached hydrogens (tertiary/aromatic N) is 2. The van der Waals surface area contributed by atoms with E-state index in [1.54, 1.807) is 48.5 Å². The van der Waals surface area contributed by atoms with Gasteiger partial charge in [0.1, 0.15) is 16.2 Å². The van der Waals surface area contributed by atoms with Crippen molar-refractivity contribution in [2.24, 2.45) is 4.40 Å². The molecule has 1 aliphatic rings. The summed E-state index contributed by atoms with van der Waals surface area (Å²) in [4.78, 5) is 13.5. The third-order valence-electron chi connectivity index (χ3n) is 4.74. The number of unbranched alkanes of at least 4 members (excludes halogenated alkanes) is 1. The van der Waals surface area contributed by atoms with Gasteiger partial charge in [-0.15, -0.1) is 4.40 Å². The van der Waals surface area contributed by atoms with E-state index in [0.29, 0.717) is 23.1 Å². The number of hydrogen-bond donors (Lipinski definition) is 5. The molecule has 3 aromatic rings. The Hall–Kier alpha value is -3.01. The topological polar surface area (TPSA) is 119 Å². The zero-order valence-electron chi connectivity index (χ0n) is 15.8. The molecule has 4 rings (SSSR count). The van der Waals surface area contributed by atoms with Gasteiger partial charge in [0.2, 0.25) is 0 Å². The lowest BCUT2D eigenvalue weighted by Crippen LogP contribution is -2.36. The number of nitrogens with one attached hydrogen (secondary N) is 2. The first kappa shape index (κ1) is 19.3. The molecule has 2 heterocycles. The van der Waals surface area contributed by atoms with Crippen LogP contribution in [0.4, 0.5) is 5.69 Å². The molecule has 0 amide bonds. The normalized spacial score (nSPS) is 15.9. The van der Waals surface area contributed by atoms with Crippen LogP contribution in [0.2, 0.25) is 0 Å². The highest BCUT2D eigenvalue weighted by molar-refractivity contribution is 8.23. The van der Waals surface area contributed by atoms with Gasteiger partial charge in [-0.3, -0.25) is 13.9 Å². The molecule has 0 spiro atoms. The number of benzene rings is 2. The molecule has 0 aliphatic carbocycles. The second-order valence-corrected chi connectivity index (χ2v) is 8.38. The third kappa shape index (κ3) is 3.33. The summed E-state index contributed by atoms with van der Waals surface area (Å²) in [5.74, 6) is -0.344. The molecule has 0 radical (unpaired) electrons. The van der Waals surface area contributed by atoms with Crippen LogP contribution >= 0.6 is 10.8 Å². The van der Waals surface area contributed by atoms with E-state index < -0.39 is 16.3 Å². The Bertz CT molecular complexity index is 1170. The molecule has 1 aromatic heterocycles. The Balaban J connectivity index is 1.93. The number of aromatic hydroxyl groups is 1. The van der Waals surface area contributed by atoms with Crippen molar-refractivity contribution in [3.8, 4) is 5.75 Å². The monoisotopic (exact) mass is 414 g/mol. The van der Waals surface area contributed by atoms with Gasteiger partial charge in [-0.1, -0.05) is 48.4 Å². The SMILES string of the molecule is CCCCNn1c(=O)c(C2=NS(O)(O)c3ccccc3N2)c(O)c2ccccc21. The van der Waals surface area contributed by atoms with E-state index in [2.05, 4.69) is 15.1 Å². The lowest BCUT2D eigenvalue weighted by molar-refractivity contribution is 0.478. The van der Waals surface area contributed by atoms with Crippen LogP contribution in [-0.4, -0.2) is 31.3 Å². The van der Waals surface area contributed by atoms with Gasteiger partial charge in [0, 0.05) is 11.9 Å². The van der Waals surface area contributed by atoms with Crippen LogP contribution < -0.4 is 16.3 Å². The van der Waals surface area contributed by atoms with Gasteiger partial charge in [-0.2, -0.15) is 0 Å². The average molecular weight is 414 g/mol. The molecule has 0 bridgehead atoms. The van der Waals surface area contributed by atoms with Crippen molar-refractivity contribution in [2.45, 2.75) is 24.7 Å². The zero-order valence-corrected chi connectivity index (χ0v) is 16.6. The molecule has 1 aliphatic heterocycles. The molecule has 8 nitrogen and oxygen atoms in total. The highest BCUT2D eigenvalue weighted by atomic mass is 32.3. The van der Waals surface area contributed by atoms with E-state index >= 15 is 0 Å². The summed E-state index contributed by atoms with van der Waals surface area (Å²) < 4.78 is 26.4. The maximum absolute atomic E-state index is 13.3. The number of rotatable bonds is 5. The van der Waals surface area contributed by atoms with Crippen molar-refractivity contribution >= 4 is 33.2 Å². The molecule has 5 N–H and O–H groups in total. The lowest BCUT2D eigenvalue weighted by Gasteiger charge is -2.34. The summed E-state index contributed by atoms with van der Waals surface area (Å²) in [7, 11) is -3.51. The fourth-order valence-corrected chi connectivity index (χ4v) is 4.47. The summed E-state index contributed by atoms with van der Waals surface area (Å²) >= 11 is 0. The first-order chi connectivity index (χ1) is 13.9. The first-order valence-corrected chi connectivity index (χ1v) is 10.8. The van der Waals surface area contributed by atoms with Crippen LogP contribution in [-0.2, 0) is 0 Å². The largest absolute Gasteiger partial charge is 0.506 e. The minimum atomic E-state index is -3.51. The Kier molecular flexibility index (Phi) is 4.95. The molecule has 152 valence electrons. The van der Waals surface area contributed by atoms with E-state index in [0.717, 1.165) is 12.8 Å². The number of aromatic nitrogens is 1. The van der Waals surface area contributed by atoms with E-state index in [9.17, 15) is 19.0 Å². The number of amidine groups is 1. The third-order valence-corrected chi connectivity index (χ3v) is 6.13. The van der Waals surface area contributed by atoms with E-state index in [4.69, 9.17) is 0 Å². The lowest BCUT2D eigenvalue weighted by atomic mass is 10.1. The van der Waals surface area contributed by atoms with Gasteiger partial charge < -0.3 is 15.8 Å². The molecular weight excluding hydrogens is 392 g/mol. The minimum Gasteiger partial charge on any atom is -0.506 e. The summed E-state index contributed by atoms with van der Waals surface area (Å²) in [6.45, 7) is 2.62. The predicted molar refractivity (Wildman–Crippen MR) is 117 cm³/mol. The first-order valence-electron chi connectivity index (χ1n) is 9.29. The molecule has 9 heteroatoms.